The van der Waals surface area contributed by atoms with Gasteiger partial charge in [0.15, 0.2) is 11.5 Å². The van der Waals surface area contributed by atoms with E-state index in [1.807, 2.05) is 5.43 Å². The molecule has 0 radical (unpaired) electrons. The van der Waals surface area contributed by atoms with Gasteiger partial charge in [-0.3, -0.25) is 10.2 Å². The highest BCUT2D eigenvalue weighted by Gasteiger charge is 2.43. The molecular weight excluding hydrogens is 210 g/mol. The fourth-order valence-corrected chi connectivity index (χ4v) is 1.17. The minimum Gasteiger partial charge on any atom is -0.395 e. The lowest BCUT2D eigenvalue weighted by Gasteiger charge is -2.04. The molecule has 0 fully saturated rings. The second kappa shape index (κ2) is 3.06. The highest BCUT2D eigenvalue weighted by atomic mass is 19.3. The Kier molecular flexibility index (Phi) is 1.97. The summed E-state index contributed by atoms with van der Waals surface area (Å²) in [6, 6.07) is 3.63. The predicted octanol–water partition coefficient (Wildman–Crippen LogP) is 0.612. The largest absolute Gasteiger partial charge is 0.586 e. The average molecular weight is 216 g/mol. The Morgan fingerprint density at radius 2 is 2.00 bits per heavy atom. The maximum Gasteiger partial charge on any atom is 0.586 e. The molecule has 3 N–H and O–H groups in total. The number of amides is 1. The first-order valence-corrected chi connectivity index (χ1v) is 3.93. The molecule has 1 aromatic carbocycles. The molecule has 1 heterocycles. The van der Waals surface area contributed by atoms with E-state index in [4.69, 9.17) is 5.84 Å². The molecule has 1 aliphatic heterocycles. The molecule has 5 nitrogen and oxygen atoms in total. The minimum absolute atomic E-state index is 0.109. The van der Waals surface area contributed by atoms with Gasteiger partial charge in [0, 0.05) is 5.56 Å². The van der Waals surface area contributed by atoms with Gasteiger partial charge in [0.2, 0.25) is 0 Å². The van der Waals surface area contributed by atoms with Crippen molar-refractivity contribution in [2.45, 2.75) is 6.29 Å². The summed E-state index contributed by atoms with van der Waals surface area (Å²) in [4.78, 5) is 11.1. The van der Waals surface area contributed by atoms with Crippen LogP contribution < -0.4 is 20.7 Å². The normalized spacial score (nSPS) is 16.2. The van der Waals surface area contributed by atoms with E-state index in [1.54, 1.807) is 0 Å². The van der Waals surface area contributed by atoms with E-state index in [0.717, 1.165) is 6.07 Å². The van der Waals surface area contributed by atoms with Crippen molar-refractivity contribution in [3.63, 3.8) is 0 Å². The molecule has 7 heteroatoms. The number of halogens is 2. The molecule has 0 spiro atoms. The minimum atomic E-state index is -3.68. The molecule has 0 aliphatic carbocycles. The van der Waals surface area contributed by atoms with Crippen molar-refractivity contribution in [1.82, 2.24) is 5.43 Å². The smallest absolute Gasteiger partial charge is 0.395 e. The molecule has 0 saturated heterocycles. The molecule has 0 unspecified atom stereocenters. The second-order valence-electron chi connectivity index (χ2n) is 2.80. The molecule has 0 atom stereocenters. The van der Waals surface area contributed by atoms with Crippen LogP contribution in [-0.4, -0.2) is 12.2 Å². The Bertz CT molecular complexity index is 422. The number of carbonyl (C=O) groups excluding carboxylic acids is 1. The number of carbonyl (C=O) groups is 1. The maximum absolute atomic E-state index is 12.6. The van der Waals surface area contributed by atoms with Crippen molar-refractivity contribution in [1.29, 1.82) is 0 Å². The summed E-state index contributed by atoms with van der Waals surface area (Å²) < 4.78 is 33.5. The van der Waals surface area contributed by atoms with Gasteiger partial charge >= 0.3 is 6.29 Å². The third kappa shape index (κ3) is 1.68. The molecule has 1 aromatic rings. The summed E-state index contributed by atoms with van der Waals surface area (Å²) in [7, 11) is 0. The quantitative estimate of drug-likeness (QED) is 0.410. The SMILES string of the molecule is NNC(=O)c1ccc2c(c1)OC(F)(F)O2. The van der Waals surface area contributed by atoms with Crippen molar-refractivity contribution in [2.24, 2.45) is 5.84 Å². The summed E-state index contributed by atoms with van der Waals surface area (Å²) in [6.45, 7) is 0. The third-order valence-corrected chi connectivity index (χ3v) is 1.79. The van der Waals surface area contributed by atoms with Gasteiger partial charge in [-0.05, 0) is 18.2 Å². The molecular formula is C8H6F2N2O3. The zero-order chi connectivity index (χ0) is 11.1. The fourth-order valence-electron chi connectivity index (χ4n) is 1.17. The number of ether oxygens (including phenoxy) is 2. The molecule has 0 saturated carbocycles. The van der Waals surface area contributed by atoms with Crippen LogP contribution in [0.15, 0.2) is 18.2 Å². The fraction of sp³-hybridized carbons (Fsp3) is 0.125. The van der Waals surface area contributed by atoms with Crippen LogP contribution in [0.4, 0.5) is 8.78 Å². The highest BCUT2D eigenvalue weighted by molar-refractivity contribution is 5.94. The van der Waals surface area contributed by atoms with Crippen LogP contribution in [0.25, 0.3) is 0 Å². The lowest BCUT2D eigenvalue weighted by atomic mass is 10.2. The van der Waals surface area contributed by atoms with Gasteiger partial charge in [0.1, 0.15) is 0 Å². The predicted molar refractivity (Wildman–Crippen MR) is 44.3 cm³/mol. The first-order chi connectivity index (χ1) is 7.02. The van der Waals surface area contributed by atoms with Crippen molar-refractivity contribution in [3.8, 4) is 11.5 Å². The van der Waals surface area contributed by atoms with Gasteiger partial charge in [-0.15, -0.1) is 8.78 Å². The van der Waals surface area contributed by atoms with Crippen molar-refractivity contribution in [3.05, 3.63) is 23.8 Å². The van der Waals surface area contributed by atoms with Crippen LogP contribution in [0.1, 0.15) is 10.4 Å². The van der Waals surface area contributed by atoms with Gasteiger partial charge in [-0.2, -0.15) is 0 Å². The van der Waals surface area contributed by atoms with E-state index >= 15 is 0 Å². The molecule has 0 aromatic heterocycles. The number of nitrogens with one attached hydrogen (secondary N) is 1. The monoisotopic (exact) mass is 216 g/mol. The lowest BCUT2D eigenvalue weighted by molar-refractivity contribution is -0.286. The first-order valence-electron chi connectivity index (χ1n) is 3.93. The number of hydrogen-bond acceptors (Lipinski definition) is 4. The summed E-state index contributed by atoms with van der Waals surface area (Å²) in [5.74, 6) is 3.97. The Labute approximate surface area is 82.7 Å². The second-order valence-corrected chi connectivity index (χ2v) is 2.80. The molecule has 1 aliphatic rings. The molecule has 0 bridgehead atoms. The van der Waals surface area contributed by atoms with Crippen molar-refractivity contribution in [2.75, 3.05) is 0 Å². The number of nitrogens with two attached hydrogens (primary N) is 1. The van der Waals surface area contributed by atoms with E-state index in [9.17, 15) is 13.6 Å². The Morgan fingerprint density at radius 1 is 1.33 bits per heavy atom. The summed E-state index contributed by atoms with van der Waals surface area (Å²) in [6.07, 6.45) is -3.68. The van der Waals surface area contributed by atoms with Gasteiger partial charge in [-0.25, -0.2) is 5.84 Å². The number of nitrogen functional groups attached to an aromatic ring is 1. The van der Waals surface area contributed by atoms with Crippen LogP contribution in [0.5, 0.6) is 11.5 Å². The summed E-state index contributed by atoms with van der Waals surface area (Å²) >= 11 is 0. The Balaban J connectivity index is 2.34. The van der Waals surface area contributed by atoms with Crippen molar-refractivity contribution < 1.29 is 23.0 Å². The number of benzene rings is 1. The molecule has 80 valence electrons. The first kappa shape index (κ1) is 9.66. The third-order valence-electron chi connectivity index (χ3n) is 1.79. The van der Waals surface area contributed by atoms with E-state index in [1.165, 1.54) is 12.1 Å². The van der Waals surface area contributed by atoms with Crippen molar-refractivity contribution >= 4 is 5.91 Å². The van der Waals surface area contributed by atoms with E-state index < -0.39 is 12.2 Å². The Morgan fingerprint density at radius 3 is 2.67 bits per heavy atom. The highest BCUT2D eigenvalue weighted by Crippen LogP contribution is 2.41. The van der Waals surface area contributed by atoms with Gasteiger partial charge in [0.05, 0.1) is 0 Å². The molecule has 15 heavy (non-hydrogen) atoms. The standard InChI is InChI=1S/C8H6F2N2O3/c9-8(10)14-5-2-1-4(7(13)12-11)3-6(5)15-8/h1-3H,11H2,(H,12,13). The molecule has 1 amide bonds. The summed E-state index contributed by atoms with van der Waals surface area (Å²) in [5.41, 5.74) is 1.98. The summed E-state index contributed by atoms with van der Waals surface area (Å²) in [5, 5.41) is 0. The van der Waals surface area contributed by atoms with Gasteiger partial charge in [-0.1, -0.05) is 0 Å². The van der Waals surface area contributed by atoms with Crippen LogP contribution in [0.3, 0.4) is 0 Å². The maximum atomic E-state index is 12.6. The number of hydrogen-bond donors (Lipinski definition) is 2. The van der Waals surface area contributed by atoms with E-state index in [2.05, 4.69) is 9.47 Å². The number of fused-ring (bicyclic) bond motifs is 1. The zero-order valence-corrected chi connectivity index (χ0v) is 7.29. The number of alkyl halides is 2. The topological polar surface area (TPSA) is 73.6 Å². The van der Waals surface area contributed by atoms with Gasteiger partial charge < -0.3 is 9.47 Å². The number of rotatable bonds is 1. The molecule has 2 rings (SSSR count). The van der Waals surface area contributed by atoms with Crippen LogP contribution in [0.2, 0.25) is 0 Å². The van der Waals surface area contributed by atoms with E-state index in [0.29, 0.717) is 0 Å². The lowest BCUT2D eigenvalue weighted by Crippen LogP contribution is -2.29. The van der Waals surface area contributed by atoms with Gasteiger partial charge in [0.25, 0.3) is 5.91 Å². The van der Waals surface area contributed by atoms with Crippen LogP contribution in [0, 0.1) is 0 Å². The van der Waals surface area contributed by atoms with E-state index in [-0.39, 0.29) is 17.1 Å². The zero-order valence-electron chi connectivity index (χ0n) is 7.29. The number of hydrazine groups is 1. The van der Waals surface area contributed by atoms with Crippen LogP contribution in [-0.2, 0) is 0 Å². The Hall–Kier alpha value is -1.89. The van der Waals surface area contributed by atoms with Crippen LogP contribution >= 0.6 is 0 Å². The average Bonchev–Trinajstić information content (AvgIpc) is 2.49.